The van der Waals surface area contributed by atoms with Crippen LogP contribution >= 0.6 is 0 Å². The van der Waals surface area contributed by atoms with E-state index in [1.807, 2.05) is 26.0 Å². The Hall–Kier alpha value is -1.55. The summed E-state index contributed by atoms with van der Waals surface area (Å²) in [6, 6.07) is 8.19. The van der Waals surface area contributed by atoms with Gasteiger partial charge in [-0.3, -0.25) is 0 Å². The second-order valence-electron chi connectivity index (χ2n) is 5.84. The molecule has 0 saturated carbocycles. The third kappa shape index (κ3) is 8.35. The van der Waals surface area contributed by atoms with Crippen LogP contribution in [0.1, 0.15) is 38.8 Å². The molecule has 0 unspecified atom stereocenters. The van der Waals surface area contributed by atoms with Gasteiger partial charge in [0.05, 0.1) is 12.7 Å². The van der Waals surface area contributed by atoms with Gasteiger partial charge in [0, 0.05) is 6.54 Å². The SMILES string of the molecule is CC(C)Cc1ccc(COC(=O)NCCOC(C)C)cc1. The van der Waals surface area contributed by atoms with Crippen molar-refractivity contribution in [3.8, 4) is 0 Å². The number of alkyl carbamates (subject to hydrolysis) is 1. The molecule has 0 aliphatic carbocycles. The van der Waals surface area contributed by atoms with Gasteiger partial charge >= 0.3 is 6.09 Å². The van der Waals surface area contributed by atoms with E-state index in [2.05, 4.69) is 31.3 Å². The molecule has 0 aromatic heterocycles. The van der Waals surface area contributed by atoms with Gasteiger partial charge in [-0.25, -0.2) is 4.79 Å². The maximum Gasteiger partial charge on any atom is 0.407 e. The van der Waals surface area contributed by atoms with Crippen molar-refractivity contribution in [3.63, 3.8) is 0 Å². The molecule has 1 aromatic carbocycles. The number of ether oxygens (including phenoxy) is 2. The summed E-state index contributed by atoms with van der Waals surface area (Å²) in [5.41, 5.74) is 2.31. The molecule has 21 heavy (non-hydrogen) atoms. The van der Waals surface area contributed by atoms with E-state index < -0.39 is 6.09 Å². The predicted octanol–water partition coefficient (Wildman–Crippen LogP) is 3.54. The first-order chi connectivity index (χ1) is 9.97. The van der Waals surface area contributed by atoms with E-state index in [0.717, 1.165) is 12.0 Å². The Morgan fingerprint density at radius 3 is 2.29 bits per heavy atom. The number of hydrogen-bond acceptors (Lipinski definition) is 3. The molecule has 1 N–H and O–H groups in total. The molecule has 4 nitrogen and oxygen atoms in total. The lowest BCUT2D eigenvalue weighted by Crippen LogP contribution is -2.28. The van der Waals surface area contributed by atoms with E-state index in [1.165, 1.54) is 5.56 Å². The average Bonchev–Trinajstić information content (AvgIpc) is 2.42. The summed E-state index contributed by atoms with van der Waals surface area (Å²) in [6.45, 7) is 9.57. The van der Waals surface area contributed by atoms with Crippen LogP contribution in [0, 0.1) is 5.92 Å². The minimum atomic E-state index is -0.409. The Bertz CT molecular complexity index is 413. The van der Waals surface area contributed by atoms with Crippen LogP contribution in [0.4, 0.5) is 4.79 Å². The van der Waals surface area contributed by atoms with Gasteiger partial charge in [-0.1, -0.05) is 38.1 Å². The molecule has 0 aliphatic rings. The first-order valence-electron chi connectivity index (χ1n) is 7.57. The zero-order valence-electron chi connectivity index (χ0n) is 13.5. The summed E-state index contributed by atoms with van der Waals surface area (Å²) in [4.78, 5) is 11.5. The highest BCUT2D eigenvalue weighted by Gasteiger charge is 2.03. The Morgan fingerprint density at radius 1 is 1.10 bits per heavy atom. The maximum absolute atomic E-state index is 11.5. The van der Waals surface area contributed by atoms with Crippen LogP contribution in [0.3, 0.4) is 0 Å². The fraction of sp³-hybridized carbons (Fsp3) is 0.588. The Morgan fingerprint density at radius 2 is 1.71 bits per heavy atom. The molecule has 0 heterocycles. The molecule has 0 spiro atoms. The normalized spacial score (nSPS) is 11.0. The van der Waals surface area contributed by atoms with Crippen molar-refractivity contribution in [3.05, 3.63) is 35.4 Å². The second kappa shape index (κ2) is 9.40. The Kier molecular flexibility index (Phi) is 7.83. The van der Waals surface area contributed by atoms with Crippen LogP contribution in [0.5, 0.6) is 0 Å². The van der Waals surface area contributed by atoms with Crippen molar-refractivity contribution in [2.45, 2.75) is 46.8 Å². The highest BCUT2D eigenvalue weighted by Crippen LogP contribution is 2.10. The summed E-state index contributed by atoms with van der Waals surface area (Å²) in [5.74, 6) is 0.644. The highest BCUT2D eigenvalue weighted by molar-refractivity contribution is 5.67. The smallest absolute Gasteiger partial charge is 0.407 e. The van der Waals surface area contributed by atoms with Gasteiger partial charge < -0.3 is 14.8 Å². The molecule has 1 amide bonds. The fourth-order valence-corrected chi connectivity index (χ4v) is 1.89. The minimum absolute atomic E-state index is 0.173. The lowest BCUT2D eigenvalue weighted by Gasteiger charge is -2.10. The van der Waals surface area contributed by atoms with Crippen LogP contribution < -0.4 is 5.32 Å². The number of hydrogen-bond donors (Lipinski definition) is 1. The number of carbonyl (C=O) groups excluding carboxylic acids is 1. The van der Waals surface area contributed by atoms with Crippen molar-refractivity contribution in [2.75, 3.05) is 13.2 Å². The molecule has 0 saturated heterocycles. The number of amides is 1. The summed E-state index contributed by atoms with van der Waals surface area (Å²) in [7, 11) is 0. The van der Waals surface area contributed by atoms with E-state index in [1.54, 1.807) is 0 Å². The largest absolute Gasteiger partial charge is 0.445 e. The molecule has 1 rings (SSSR count). The number of benzene rings is 1. The van der Waals surface area contributed by atoms with Crippen LogP contribution in [0.15, 0.2) is 24.3 Å². The number of rotatable bonds is 8. The molecule has 0 aliphatic heterocycles. The molecule has 0 atom stereocenters. The number of carbonyl (C=O) groups is 1. The fourth-order valence-electron chi connectivity index (χ4n) is 1.89. The van der Waals surface area contributed by atoms with E-state index in [9.17, 15) is 4.79 Å². The van der Waals surface area contributed by atoms with Crippen molar-refractivity contribution < 1.29 is 14.3 Å². The van der Waals surface area contributed by atoms with Crippen molar-refractivity contribution in [2.24, 2.45) is 5.92 Å². The molecular formula is C17H27NO3. The van der Waals surface area contributed by atoms with E-state index >= 15 is 0 Å². The topological polar surface area (TPSA) is 47.6 Å². The predicted molar refractivity (Wildman–Crippen MR) is 84.3 cm³/mol. The quantitative estimate of drug-likeness (QED) is 0.746. The van der Waals surface area contributed by atoms with E-state index in [4.69, 9.17) is 9.47 Å². The standard InChI is InChI=1S/C17H27NO3/c1-13(2)11-15-5-7-16(8-6-15)12-21-17(19)18-9-10-20-14(3)4/h5-8,13-14H,9-12H2,1-4H3,(H,18,19). The molecule has 118 valence electrons. The zero-order valence-corrected chi connectivity index (χ0v) is 13.5. The van der Waals surface area contributed by atoms with Gasteiger partial charge in [-0.15, -0.1) is 0 Å². The van der Waals surface area contributed by atoms with Crippen molar-refractivity contribution in [1.29, 1.82) is 0 Å². The van der Waals surface area contributed by atoms with Gasteiger partial charge in [0.2, 0.25) is 0 Å². The lowest BCUT2D eigenvalue weighted by molar-refractivity contribution is 0.0775. The van der Waals surface area contributed by atoms with Crippen LogP contribution in [-0.4, -0.2) is 25.3 Å². The van der Waals surface area contributed by atoms with Gasteiger partial charge in [0.15, 0.2) is 0 Å². The molecular weight excluding hydrogens is 266 g/mol. The summed E-state index contributed by atoms with van der Waals surface area (Å²) in [6.07, 6.45) is 0.832. The Balaban J connectivity index is 2.23. The molecule has 0 fully saturated rings. The summed E-state index contributed by atoms with van der Waals surface area (Å²) < 4.78 is 10.5. The van der Waals surface area contributed by atoms with Gasteiger partial charge in [-0.05, 0) is 37.3 Å². The third-order valence-electron chi connectivity index (χ3n) is 2.86. The molecule has 1 aromatic rings. The molecule has 0 radical (unpaired) electrons. The summed E-state index contributed by atoms with van der Waals surface area (Å²) in [5, 5.41) is 2.66. The lowest BCUT2D eigenvalue weighted by atomic mass is 10.0. The zero-order chi connectivity index (χ0) is 15.7. The summed E-state index contributed by atoms with van der Waals surface area (Å²) >= 11 is 0. The first kappa shape index (κ1) is 17.5. The second-order valence-corrected chi connectivity index (χ2v) is 5.84. The van der Waals surface area contributed by atoms with Crippen LogP contribution in [0.2, 0.25) is 0 Å². The third-order valence-corrected chi connectivity index (χ3v) is 2.86. The maximum atomic E-state index is 11.5. The van der Waals surface area contributed by atoms with Crippen LogP contribution in [0.25, 0.3) is 0 Å². The monoisotopic (exact) mass is 293 g/mol. The average molecular weight is 293 g/mol. The molecule has 0 bridgehead atoms. The highest BCUT2D eigenvalue weighted by atomic mass is 16.5. The van der Waals surface area contributed by atoms with Crippen LogP contribution in [-0.2, 0) is 22.5 Å². The minimum Gasteiger partial charge on any atom is -0.445 e. The van der Waals surface area contributed by atoms with Crippen molar-refractivity contribution in [1.82, 2.24) is 5.32 Å². The van der Waals surface area contributed by atoms with Gasteiger partial charge in [0.1, 0.15) is 6.61 Å². The molecule has 4 heteroatoms. The number of nitrogens with one attached hydrogen (secondary N) is 1. The van der Waals surface area contributed by atoms with Gasteiger partial charge in [-0.2, -0.15) is 0 Å². The first-order valence-corrected chi connectivity index (χ1v) is 7.57. The van der Waals surface area contributed by atoms with Gasteiger partial charge in [0.25, 0.3) is 0 Å². The van der Waals surface area contributed by atoms with E-state index in [-0.39, 0.29) is 6.10 Å². The van der Waals surface area contributed by atoms with E-state index in [0.29, 0.717) is 25.7 Å². The van der Waals surface area contributed by atoms with Crippen molar-refractivity contribution >= 4 is 6.09 Å². The Labute approximate surface area is 127 Å².